The van der Waals surface area contributed by atoms with Gasteiger partial charge in [0, 0.05) is 12.0 Å². The first-order valence-electron chi connectivity index (χ1n) is 11.1. The third kappa shape index (κ3) is 4.65. The second kappa shape index (κ2) is 8.81. The van der Waals surface area contributed by atoms with E-state index in [0.29, 0.717) is 11.7 Å². The van der Waals surface area contributed by atoms with Crippen LogP contribution in [0.25, 0.3) is 0 Å². The van der Waals surface area contributed by atoms with Crippen molar-refractivity contribution in [3.8, 4) is 17.6 Å². The molecule has 0 heterocycles. The van der Waals surface area contributed by atoms with Crippen molar-refractivity contribution in [2.75, 3.05) is 0 Å². The molecule has 2 aliphatic carbocycles. The molecule has 0 atom stereocenters. The molecule has 0 amide bonds. The van der Waals surface area contributed by atoms with E-state index in [0.717, 1.165) is 30.6 Å². The van der Waals surface area contributed by atoms with Crippen molar-refractivity contribution in [3.63, 3.8) is 0 Å². The van der Waals surface area contributed by atoms with Crippen LogP contribution in [0.15, 0.2) is 93.5 Å². The Labute approximate surface area is 187 Å². The van der Waals surface area contributed by atoms with Crippen molar-refractivity contribution in [2.24, 2.45) is 5.92 Å². The van der Waals surface area contributed by atoms with Crippen molar-refractivity contribution >= 4 is 10.9 Å². The van der Waals surface area contributed by atoms with Crippen molar-refractivity contribution in [2.45, 2.75) is 58.8 Å². The summed E-state index contributed by atoms with van der Waals surface area (Å²) >= 11 is 0. The molecule has 0 bridgehead atoms. The number of hydrogen-bond donors (Lipinski definition) is 0. The van der Waals surface area contributed by atoms with Gasteiger partial charge in [-0.05, 0) is 74.9 Å². The molecular formula is C28H26FOS+. The van der Waals surface area contributed by atoms with Crippen LogP contribution in [0.3, 0.4) is 0 Å². The average molecular weight is 430 g/mol. The summed E-state index contributed by atoms with van der Waals surface area (Å²) in [5.74, 6) is 7.28. The summed E-state index contributed by atoms with van der Waals surface area (Å²) in [7, 11) is -0.372. The summed E-state index contributed by atoms with van der Waals surface area (Å²) in [6, 6.07) is 26.1. The van der Waals surface area contributed by atoms with Gasteiger partial charge in [0.05, 0.1) is 10.9 Å². The molecule has 156 valence electrons. The first-order chi connectivity index (χ1) is 15.2. The molecule has 0 spiro atoms. The molecule has 31 heavy (non-hydrogen) atoms. The van der Waals surface area contributed by atoms with Crippen LogP contribution in [-0.4, -0.2) is 5.60 Å². The fourth-order valence-corrected chi connectivity index (χ4v) is 6.18. The van der Waals surface area contributed by atoms with Crippen molar-refractivity contribution in [1.29, 1.82) is 0 Å². The van der Waals surface area contributed by atoms with Crippen molar-refractivity contribution in [3.05, 3.63) is 84.7 Å². The lowest BCUT2D eigenvalue weighted by Gasteiger charge is -2.25. The molecule has 5 rings (SSSR count). The summed E-state index contributed by atoms with van der Waals surface area (Å²) in [6.07, 6.45) is 6.31. The molecule has 1 nitrogen and oxygen atoms in total. The second-order valence-corrected chi connectivity index (χ2v) is 10.4. The topological polar surface area (TPSA) is 9.23 Å². The zero-order valence-electron chi connectivity index (χ0n) is 17.5. The van der Waals surface area contributed by atoms with E-state index in [9.17, 15) is 0 Å². The summed E-state index contributed by atoms with van der Waals surface area (Å²) in [6.45, 7) is 0. The minimum absolute atomic E-state index is 0.304. The van der Waals surface area contributed by atoms with E-state index in [1.165, 1.54) is 22.6 Å². The molecule has 3 aromatic carbocycles. The molecule has 2 aliphatic rings. The van der Waals surface area contributed by atoms with Gasteiger partial charge in [-0.15, -0.1) is 0 Å². The second-order valence-electron chi connectivity index (χ2n) is 8.37. The quantitative estimate of drug-likeness (QED) is 0.313. The number of hydrogen-bond acceptors (Lipinski definition) is 1. The van der Waals surface area contributed by atoms with Gasteiger partial charge in [0.25, 0.3) is 0 Å². The highest BCUT2D eigenvalue weighted by molar-refractivity contribution is 7.97. The summed E-state index contributed by atoms with van der Waals surface area (Å²) in [5.41, 5.74) is -0.522. The van der Waals surface area contributed by atoms with Crippen LogP contribution < -0.4 is 4.74 Å². The molecule has 0 N–H and O–H groups in total. The summed E-state index contributed by atoms with van der Waals surface area (Å²) < 4.78 is 21.6. The van der Waals surface area contributed by atoms with Crippen molar-refractivity contribution in [1.82, 2.24) is 0 Å². The molecule has 3 heteroatoms. The first-order valence-corrected chi connectivity index (χ1v) is 12.3. The standard InChI is InChI=1S/C28H26FOS/c29-26-21-25(31(23-9-3-1-4-10-23)24-11-5-2-6-12-24)15-16-27(26)30-28(18-7-8-19-28)20-17-22-13-14-22/h1-6,9-12,15-16,21-22H,7-8,13-14,18-19H2/q+1. The lowest BCUT2D eigenvalue weighted by atomic mass is 10.0. The van der Waals surface area contributed by atoms with Crippen LogP contribution in [-0.2, 0) is 10.9 Å². The van der Waals surface area contributed by atoms with E-state index in [2.05, 4.69) is 36.1 Å². The maximum absolute atomic E-state index is 15.3. The smallest absolute Gasteiger partial charge is 0.170 e. The highest BCUT2D eigenvalue weighted by Gasteiger charge is 2.36. The maximum Gasteiger partial charge on any atom is 0.170 e. The van der Waals surface area contributed by atoms with Crippen molar-refractivity contribution < 1.29 is 9.13 Å². The van der Waals surface area contributed by atoms with Gasteiger partial charge in [0.15, 0.2) is 31.9 Å². The molecule has 0 radical (unpaired) electrons. The molecule has 0 saturated heterocycles. The van der Waals surface area contributed by atoms with Gasteiger partial charge >= 0.3 is 0 Å². The van der Waals surface area contributed by atoms with E-state index in [1.807, 2.05) is 42.5 Å². The van der Waals surface area contributed by atoms with E-state index < -0.39 is 5.60 Å². The van der Waals surface area contributed by atoms with Crippen LogP contribution in [0.4, 0.5) is 4.39 Å². The SMILES string of the molecule is Fc1cc([S+](c2ccccc2)c2ccccc2)ccc1OC1(C#CC2CC2)CCCC1. The van der Waals surface area contributed by atoms with E-state index in [-0.39, 0.29) is 16.7 Å². The highest BCUT2D eigenvalue weighted by atomic mass is 32.2. The lowest BCUT2D eigenvalue weighted by Crippen LogP contribution is -2.31. The zero-order chi connectivity index (χ0) is 21.1. The molecule has 2 fully saturated rings. The van der Waals surface area contributed by atoms with Crippen LogP contribution in [0, 0.1) is 23.6 Å². The Bertz CT molecular complexity index is 1050. The molecule has 0 unspecified atom stereocenters. The third-order valence-corrected chi connectivity index (χ3v) is 8.11. The Hall–Kier alpha value is -2.70. The van der Waals surface area contributed by atoms with Gasteiger partial charge in [-0.1, -0.05) is 48.2 Å². The number of halogens is 1. The first kappa shape index (κ1) is 20.2. The lowest BCUT2D eigenvalue weighted by molar-refractivity contribution is 0.131. The molecule has 2 saturated carbocycles. The Balaban J connectivity index is 1.47. The minimum Gasteiger partial charge on any atom is -0.472 e. The Morgan fingerprint density at radius 3 is 1.97 bits per heavy atom. The van der Waals surface area contributed by atoms with Crippen LogP contribution in [0.2, 0.25) is 0 Å². The third-order valence-electron chi connectivity index (χ3n) is 5.89. The fraction of sp³-hybridized carbons (Fsp3) is 0.286. The predicted molar refractivity (Wildman–Crippen MR) is 124 cm³/mol. The fourth-order valence-electron chi connectivity index (χ4n) is 4.08. The molecule has 0 aromatic heterocycles. The van der Waals surface area contributed by atoms with E-state index in [4.69, 9.17) is 4.74 Å². The number of ether oxygens (including phenoxy) is 1. The summed E-state index contributed by atoms with van der Waals surface area (Å²) in [4.78, 5) is 3.29. The molecule has 0 aliphatic heterocycles. The van der Waals surface area contributed by atoms with E-state index in [1.54, 1.807) is 12.1 Å². The van der Waals surface area contributed by atoms with Crippen LogP contribution in [0.1, 0.15) is 38.5 Å². The van der Waals surface area contributed by atoms with Gasteiger partial charge in [0.1, 0.15) is 0 Å². The highest BCUT2D eigenvalue weighted by Crippen LogP contribution is 2.38. The summed E-state index contributed by atoms with van der Waals surface area (Å²) in [5, 5.41) is 0. The largest absolute Gasteiger partial charge is 0.472 e. The Morgan fingerprint density at radius 1 is 0.806 bits per heavy atom. The van der Waals surface area contributed by atoms with Gasteiger partial charge in [-0.3, -0.25) is 0 Å². The molecular weight excluding hydrogens is 403 g/mol. The Morgan fingerprint density at radius 2 is 1.42 bits per heavy atom. The van der Waals surface area contributed by atoms with E-state index >= 15 is 4.39 Å². The Kier molecular flexibility index (Phi) is 5.74. The molecule has 3 aromatic rings. The minimum atomic E-state index is -0.522. The number of benzene rings is 3. The van der Waals surface area contributed by atoms with Gasteiger partial charge < -0.3 is 4.74 Å². The maximum atomic E-state index is 15.3. The van der Waals surface area contributed by atoms with Gasteiger partial charge in [-0.2, -0.15) is 0 Å². The number of rotatable bonds is 5. The van der Waals surface area contributed by atoms with Gasteiger partial charge in [0.2, 0.25) is 0 Å². The average Bonchev–Trinajstić information content (AvgIpc) is 3.53. The normalized spacial score (nSPS) is 17.2. The predicted octanol–water partition coefficient (Wildman–Crippen LogP) is 7.03. The van der Waals surface area contributed by atoms with Crippen LogP contribution in [0.5, 0.6) is 5.75 Å². The van der Waals surface area contributed by atoms with Crippen LogP contribution >= 0.6 is 0 Å². The monoisotopic (exact) mass is 429 g/mol. The van der Waals surface area contributed by atoms with Gasteiger partial charge in [-0.25, -0.2) is 4.39 Å². The zero-order valence-corrected chi connectivity index (χ0v) is 18.3.